The first kappa shape index (κ1) is 31.6. The zero-order chi connectivity index (χ0) is 29.4. The number of carboxylic acids is 2. The van der Waals surface area contributed by atoms with Crippen LogP contribution in [0, 0.1) is 0 Å². The fourth-order valence-electron chi connectivity index (χ4n) is 2.77. The van der Waals surface area contributed by atoms with E-state index in [1.807, 2.05) is 25.1 Å². The molecule has 3 aromatic rings. The Hall–Kier alpha value is -5.38. The topological polar surface area (TPSA) is 174 Å². The van der Waals surface area contributed by atoms with Crippen LogP contribution in [0.25, 0.3) is 18.2 Å². The van der Waals surface area contributed by atoms with E-state index >= 15 is 0 Å². The Morgan fingerprint density at radius 2 is 0.974 bits per heavy atom. The van der Waals surface area contributed by atoms with Crippen LogP contribution in [0.15, 0.2) is 72.8 Å². The van der Waals surface area contributed by atoms with Gasteiger partial charge in [-0.15, -0.1) is 0 Å². The molecule has 0 heterocycles. The van der Waals surface area contributed by atoms with Crippen LogP contribution < -0.4 is 9.47 Å². The molecular weight excluding hydrogens is 508 g/mol. The van der Waals surface area contributed by atoms with E-state index in [0.717, 1.165) is 17.7 Å². The van der Waals surface area contributed by atoms with Crippen molar-refractivity contribution in [2.75, 3.05) is 14.2 Å². The van der Waals surface area contributed by atoms with E-state index in [1.165, 1.54) is 50.6 Å². The summed E-state index contributed by atoms with van der Waals surface area (Å²) in [6, 6.07) is 13.9. The van der Waals surface area contributed by atoms with Gasteiger partial charge < -0.3 is 40.1 Å². The molecule has 0 fully saturated rings. The number of hydrogen-bond acceptors (Lipinski definition) is 8. The third kappa shape index (κ3) is 11.9. The highest BCUT2D eigenvalue weighted by atomic mass is 16.5. The average Bonchev–Trinajstić information content (AvgIpc) is 2.90. The molecule has 0 aliphatic rings. The number of ether oxygens (including phenoxy) is 2. The summed E-state index contributed by atoms with van der Waals surface area (Å²) in [4.78, 5) is 20.4. The summed E-state index contributed by atoms with van der Waals surface area (Å²) in [5, 5.41) is 53.2. The molecule has 39 heavy (non-hydrogen) atoms. The van der Waals surface area contributed by atoms with Gasteiger partial charge in [0.15, 0.2) is 34.5 Å². The number of benzene rings is 3. The number of rotatable bonds is 7. The Bertz CT molecular complexity index is 1340. The molecular formula is C29H30O10. The smallest absolute Gasteiger partial charge is 0.328 e. The predicted octanol–water partition coefficient (Wildman–Crippen LogP) is 5.13. The Labute approximate surface area is 225 Å². The highest BCUT2D eigenvalue weighted by Crippen LogP contribution is 2.28. The maximum Gasteiger partial charge on any atom is 0.328 e. The van der Waals surface area contributed by atoms with Gasteiger partial charge in [-0.3, -0.25) is 0 Å². The molecule has 6 N–H and O–H groups in total. The van der Waals surface area contributed by atoms with Gasteiger partial charge in [0.2, 0.25) is 0 Å². The number of phenolic OH excluding ortho intramolecular Hbond substituents is 4. The van der Waals surface area contributed by atoms with Gasteiger partial charge in [0.25, 0.3) is 0 Å². The summed E-state index contributed by atoms with van der Waals surface area (Å²) in [6.07, 6.45) is 8.59. The molecule has 3 aromatic carbocycles. The largest absolute Gasteiger partial charge is 0.504 e. The van der Waals surface area contributed by atoms with Gasteiger partial charge in [-0.05, 0) is 72.2 Å². The van der Waals surface area contributed by atoms with Gasteiger partial charge in [0.1, 0.15) is 0 Å². The first-order chi connectivity index (χ1) is 18.5. The van der Waals surface area contributed by atoms with Crippen LogP contribution in [0.1, 0.15) is 23.6 Å². The first-order valence-electron chi connectivity index (χ1n) is 11.2. The molecule has 0 saturated carbocycles. The lowest BCUT2D eigenvalue weighted by Crippen LogP contribution is -1.87. The van der Waals surface area contributed by atoms with Gasteiger partial charge in [0.05, 0.1) is 14.2 Å². The van der Waals surface area contributed by atoms with Crippen molar-refractivity contribution in [1.82, 2.24) is 0 Å². The van der Waals surface area contributed by atoms with Gasteiger partial charge >= 0.3 is 11.9 Å². The number of methoxy groups -OCH3 is 2. The first-order valence-corrected chi connectivity index (χ1v) is 11.2. The molecule has 0 amide bonds. The summed E-state index contributed by atoms with van der Waals surface area (Å²) in [5.74, 6) is -1.56. The quantitative estimate of drug-likeness (QED) is 0.175. The van der Waals surface area contributed by atoms with Gasteiger partial charge in [0, 0.05) is 12.2 Å². The van der Waals surface area contributed by atoms with Crippen LogP contribution in [-0.2, 0) is 9.59 Å². The van der Waals surface area contributed by atoms with Crippen LogP contribution in [0.2, 0.25) is 0 Å². The van der Waals surface area contributed by atoms with E-state index in [-0.39, 0.29) is 23.0 Å². The van der Waals surface area contributed by atoms with E-state index in [9.17, 15) is 19.8 Å². The third-order valence-corrected chi connectivity index (χ3v) is 4.60. The highest BCUT2D eigenvalue weighted by molar-refractivity contribution is 5.86. The second-order valence-corrected chi connectivity index (χ2v) is 7.45. The molecule has 0 atom stereocenters. The Kier molecular flexibility index (Phi) is 13.3. The molecule has 0 radical (unpaired) electrons. The number of carboxylic acid groups (broad SMARTS) is 2. The number of hydrogen-bond donors (Lipinski definition) is 6. The van der Waals surface area contributed by atoms with Crippen molar-refractivity contribution in [2.24, 2.45) is 0 Å². The van der Waals surface area contributed by atoms with Crippen LogP contribution in [0.3, 0.4) is 0 Å². The van der Waals surface area contributed by atoms with Crippen molar-refractivity contribution in [1.29, 1.82) is 0 Å². The van der Waals surface area contributed by atoms with Crippen molar-refractivity contribution in [3.05, 3.63) is 89.5 Å². The summed E-state index contributed by atoms with van der Waals surface area (Å²) in [5.41, 5.74) is 2.19. The van der Waals surface area contributed by atoms with Crippen molar-refractivity contribution >= 4 is 30.2 Å². The minimum atomic E-state index is -1.06. The number of allylic oxidation sites excluding steroid dienone is 1. The molecule has 0 aliphatic heterocycles. The molecule has 0 spiro atoms. The van der Waals surface area contributed by atoms with E-state index in [4.69, 9.17) is 29.9 Å². The zero-order valence-electron chi connectivity index (χ0n) is 21.5. The fourth-order valence-corrected chi connectivity index (χ4v) is 2.77. The summed E-state index contributed by atoms with van der Waals surface area (Å²) < 4.78 is 9.81. The van der Waals surface area contributed by atoms with Crippen molar-refractivity contribution < 1.29 is 49.7 Å². The fraction of sp³-hybridized carbons (Fsp3) is 0.103. The Morgan fingerprint density at radius 1 is 0.590 bits per heavy atom. The molecule has 0 bridgehead atoms. The second kappa shape index (κ2) is 16.4. The third-order valence-electron chi connectivity index (χ3n) is 4.60. The van der Waals surface area contributed by atoms with Crippen LogP contribution in [0.5, 0.6) is 34.5 Å². The number of aliphatic carboxylic acids is 2. The highest BCUT2D eigenvalue weighted by Gasteiger charge is 2.01. The van der Waals surface area contributed by atoms with Gasteiger partial charge in [-0.25, -0.2) is 9.59 Å². The normalized spacial score (nSPS) is 10.4. The molecule has 0 aromatic heterocycles. The standard InChI is InChI=1S/C10H10O4.C10H12O2.C9H8O4/c1-14-9-6-7(2-4-8(9)11)3-5-10(12)13;1-3-4-8-5-6-9(11)10(7-8)12-2;10-7-3-1-6(5-8(7)11)2-4-9(12)13/h2-6,11H,1H3,(H,12,13);3-7,11H,1-2H3;1-5,10-11H,(H,12,13)/b5-3+;4-3+;4-2+. The van der Waals surface area contributed by atoms with Gasteiger partial charge in [-0.2, -0.15) is 0 Å². The minimum Gasteiger partial charge on any atom is -0.504 e. The molecule has 206 valence electrons. The maximum atomic E-state index is 10.2. The van der Waals surface area contributed by atoms with Crippen LogP contribution in [-0.4, -0.2) is 56.8 Å². The number of aromatic hydroxyl groups is 4. The van der Waals surface area contributed by atoms with E-state index < -0.39 is 11.9 Å². The maximum absolute atomic E-state index is 10.2. The lowest BCUT2D eigenvalue weighted by molar-refractivity contribution is -0.132. The molecule has 0 saturated heterocycles. The molecule has 0 unspecified atom stereocenters. The molecule has 3 rings (SSSR count). The zero-order valence-corrected chi connectivity index (χ0v) is 21.5. The average molecular weight is 539 g/mol. The second-order valence-electron chi connectivity index (χ2n) is 7.45. The van der Waals surface area contributed by atoms with Crippen molar-refractivity contribution in [3.8, 4) is 34.5 Å². The summed E-state index contributed by atoms with van der Waals surface area (Å²) in [7, 11) is 2.97. The van der Waals surface area contributed by atoms with Crippen molar-refractivity contribution in [2.45, 2.75) is 6.92 Å². The van der Waals surface area contributed by atoms with E-state index in [0.29, 0.717) is 22.6 Å². The summed E-state index contributed by atoms with van der Waals surface area (Å²) >= 11 is 0. The monoisotopic (exact) mass is 538 g/mol. The Morgan fingerprint density at radius 3 is 1.33 bits per heavy atom. The lowest BCUT2D eigenvalue weighted by atomic mass is 10.2. The Balaban J connectivity index is 0.000000293. The SMILES string of the molecule is C/C=C/c1ccc(O)c(OC)c1.COc1cc(/C=C/C(=O)O)ccc1O.O=C(O)/C=C/c1ccc(O)c(O)c1. The number of phenols is 4. The van der Waals surface area contributed by atoms with Crippen molar-refractivity contribution in [3.63, 3.8) is 0 Å². The molecule has 0 aliphatic carbocycles. The van der Waals surface area contributed by atoms with Crippen LogP contribution >= 0.6 is 0 Å². The van der Waals surface area contributed by atoms with E-state index in [2.05, 4.69) is 0 Å². The predicted molar refractivity (Wildman–Crippen MR) is 147 cm³/mol. The van der Waals surface area contributed by atoms with Gasteiger partial charge in [-0.1, -0.05) is 30.4 Å². The number of carbonyl (C=O) groups is 2. The van der Waals surface area contributed by atoms with E-state index in [1.54, 1.807) is 24.3 Å². The van der Waals surface area contributed by atoms with Crippen LogP contribution in [0.4, 0.5) is 0 Å². The minimum absolute atomic E-state index is 0.0278. The lowest BCUT2D eigenvalue weighted by Gasteiger charge is -2.03. The molecule has 10 heteroatoms. The molecule has 10 nitrogen and oxygen atoms in total. The summed E-state index contributed by atoms with van der Waals surface area (Å²) in [6.45, 7) is 1.94.